The molecule has 1 aromatic rings. The van der Waals surface area contributed by atoms with Gasteiger partial charge in [0.15, 0.2) is 0 Å². The maximum Gasteiger partial charge on any atom is 0.251 e. The number of amides is 2. The zero-order valence-electron chi connectivity index (χ0n) is 14.9. The fourth-order valence-corrected chi connectivity index (χ4v) is 2.85. The Labute approximate surface area is 144 Å². The number of anilines is 1. The first-order valence-electron chi connectivity index (χ1n) is 8.85. The first-order chi connectivity index (χ1) is 11.5. The van der Waals surface area contributed by atoms with Crippen molar-refractivity contribution in [3.8, 4) is 0 Å². The third-order valence-electron chi connectivity index (χ3n) is 4.38. The molecule has 24 heavy (non-hydrogen) atoms. The summed E-state index contributed by atoms with van der Waals surface area (Å²) in [6, 6.07) is 5.40. The molecule has 0 saturated carbocycles. The van der Waals surface area contributed by atoms with Gasteiger partial charge < -0.3 is 16.0 Å². The molecule has 1 aliphatic rings. The van der Waals surface area contributed by atoms with E-state index in [9.17, 15) is 9.59 Å². The molecule has 0 bridgehead atoms. The van der Waals surface area contributed by atoms with Crippen molar-refractivity contribution in [2.45, 2.75) is 40.0 Å². The minimum absolute atomic E-state index is 0.0435. The highest BCUT2D eigenvalue weighted by Gasteiger charge is 2.16. The van der Waals surface area contributed by atoms with Crippen molar-refractivity contribution in [2.75, 3.05) is 25.0 Å². The second-order valence-corrected chi connectivity index (χ2v) is 7.08. The van der Waals surface area contributed by atoms with Crippen molar-refractivity contribution in [1.82, 2.24) is 10.6 Å². The molecule has 3 N–H and O–H groups in total. The molecule has 0 aliphatic carbocycles. The van der Waals surface area contributed by atoms with Gasteiger partial charge in [-0.2, -0.15) is 0 Å². The summed E-state index contributed by atoms with van der Waals surface area (Å²) in [6.07, 6.45) is 2.63. The molecule has 0 aromatic heterocycles. The molecular weight excluding hydrogens is 302 g/mol. The zero-order valence-corrected chi connectivity index (χ0v) is 14.9. The topological polar surface area (TPSA) is 70.2 Å². The van der Waals surface area contributed by atoms with E-state index in [0.717, 1.165) is 37.2 Å². The molecule has 1 unspecified atom stereocenters. The van der Waals surface area contributed by atoms with Gasteiger partial charge in [0, 0.05) is 24.2 Å². The molecule has 5 nitrogen and oxygen atoms in total. The van der Waals surface area contributed by atoms with Gasteiger partial charge >= 0.3 is 0 Å². The number of carbonyl (C=O) groups excluding carboxylic acids is 2. The van der Waals surface area contributed by atoms with E-state index in [0.29, 0.717) is 30.4 Å². The molecule has 1 heterocycles. The largest absolute Gasteiger partial charge is 0.352 e. The lowest BCUT2D eigenvalue weighted by Gasteiger charge is -2.12. The normalized spacial score (nSPS) is 17.1. The minimum atomic E-state index is -0.0709. The van der Waals surface area contributed by atoms with Crippen LogP contribution in [-0.4, -0.2) is 31.4 Å². The van der Waals surface area contributed by atoms with Crippen LogP contribution in [0.3, 0.4) is 0 Å². The number of nitrogens with one attached hydrogen (secondary N) is 3. The van der Waals surface area contributed by atoms with Gasteiger partial charge in [-0.15, -0.1) is 0 Å². The SMILES string of the molecule is Cc1cc(C(=O)NCC(C)C)ccc1NC(=O)CCC1CCNC1. The highest BCUT2D eigenvalue weighted by atomic mass is 16.2. The fourth-order valence-electron chi connectivity index (χ4n) is 2.85. The van der Waals surface area contributed by atoms with Crippen LogP contribution >= 0.6 is 0 Å². The third kappa shape index (κ3) is 5.64. The van der Waals surface area contributed by atoms with Gasteiger partial charge in [-0.1, -0.05) is 13.8 Å². The molecule has 0 spiro atoms. The Balaban J connectivity index is 1.86. The van der Waals surface area contributed by atoms with Gasteiger partial charge in [-0.3, -0.25) is 9.59 Å². The first-order valence-corrected chi connectivity index (χ1v) is 8.85. The average Bonchev–Trinajstić information content (AvgIpc) is 3.06. The number of benzene rings is 1. The smallest absolute Gasteiger partial charge is 0.251 e. The number of aryl methyl sites for hydroxylation is 1. The summed E-state index contributed by atoms with van der Waals surface area (Å²) in [5.41, 5.74) is 2.32. The summed E-state index contributed by atoms with van der Waals surface area (Å²) in [5, 5.41) is 9.18. The Kier molecular flexibility index (Phi) is 6.79. The molecule has 132 valence electrons. The van der Waals surface area contributed by atoms with E-state index in [-0.39, 0.29) is 11.8 Å². The summed E-state index contributed by atoms with van der Waals surface area (Å²) in [6.45, 7) is 8.78. The number of carbonyl (C=O) groups is 2. The van der Waals surface area contributed by atoms with Crippen LogP contribution in [0.25, 0.3) is 0 Å². The molecule has 1 aliphatic heterocycles. The van der Waals surface area contributed by atoms with Gasteiger partial charge in [0.25, 0.3) is 5.91 Å². The molecule has 1 fully saturated rings. The lowest BCUT2D eigenvalue weighted by molar-refractivity contribution is -0.116. The van der Waals surface area contributed by atoms with Crippen LogP contribution in [0.15, 0.2) is 18.2 Å². The molecule has 2 amide bonds. The second kappa shape index (κ2) is 8.83. The van der Waals surface area contributed by atoms with Crippen molar-refractivity contribution in [3.63, 3.8) is 0 Å². The van der Waals surface area contributed by atoms with E-state index >= 15 is 0 Å². The van der Waals surface area contributed by atoms with Crippen molar-refractivity contribution < 1.29 is 9.59 Å². The Morgan fingerprint density at radius 2 is 2.12 bits per heavy atom. The molecule has 2 rings (SSSR count). The zero-order chi connectivity index (χ0) is 17.5. The highest BCUT2D eigenvalue weighted by Crippen LogP contribution is 2.19. The lowest BCUT2D eigenvalue weighted by atomic mass is 10.0. The van der Waals surface area contributed by atoms with Crippen LogP contribution in [0.2, 0.25) is 0 Å². The van der Waals surface area contributed by atoms with Crippen LogP contribution < -0.4 is 16.0 Å². The Morgan fingerprint density at radius 3 is 2.75 bits per heavy atom. The van der Waals surface area contributed by atoms with Crippen LogP contribution in [-0.2, 0) is 4.79 Å². The predicted molar refractivity (Wildman–Crippen MR) is 97.2 cm³/mol. The van der Waals surface area contributed by atoms with E-state index in [2.05, 4.69) is 29.8 Å². The van der Waals surface area contributed by atoms with Gasteiger partial charge in [0.2, 0.25) is 5.91 Å². The van der Waals surface area contributed by atoms with Crippen molar-refractivity contribution in [3.05, 3.63) is 29.3 Å². The van der Waals surface area contributed by atoms with Crippen LogP contribution in [0.4, 0.5) is 5.69 Å². The quantitative estimate of drug-likeness (QED) is 0.719. The maximum absolute atomic E-state index is 12.1. The molecular formula is C19H29N3O2. The standard InChI is InChI=1S/C19H29N3O2/c1-13(2)11-21-19(24)16-5-6-17(14(3)10-16)22-18(23)7-4-15-8-9-20-12-15/h5-6,10,13,15,20H,4,7-9,11-12H2,1-3H3,(H,21,24)(H,22,23). The Morgan fingerprint density at radius 1 is 1.33 bits per heavy atom. The molecule has 0 radical (unpaired) electrons. The average molecular weight is 331 g/mol. The molecule has 1 saturated heterocycles. The monoisotopic (exact) mass is 331 g/mol. The van der Waals surface area contributed by atoms with Crippen molar-refractivity contribution in [2.24, 2.45) is 11.8 Å². The maximum atomic E-state index is 12.1. The highest BCUT2D eigenvalue weighted by molar-refractivity contribution is 5.96. The van der Waals surface area contributed by atoms with E-state index in [1.807, 2.05) is 19.1 Å². The molecule has 1 aromatic carbocycles. The summed E-state index contributed by atoms with van der Waals surface area (Å²) >= 11 is 0. The fraction of sp³-hybridized carbons (Fsp3) is 0.579. The Hall–Kier alpha value is -1.88. The van der Waals surface area contributed by atoms with E-state index in [4.69, 9.17) is 0 Å². The van der Waals surface area contributed by atoms with E-state index < -0.39 is 0 Å². The number of hydrogen-bond acceptors (Lipinski definition) is 3. The van der Waals surface area contributed by atoms with Gasteiger partial charge in [0.05, 0.1) is 0 Å². The summed E-state index contributed by atoms with van der Waals surface area (Å²) in [7, 11) is 0. The van der Waals surface area contributed by atoms with Gasteiger partial charge in [0.1, 0.15) is 0 Å². The summed E-state index contributed by atoms with van der Waals surface area (Å²) in [4.78, 5) is 24.2. The summed E-state index contributed by atoms with van der Waals surface area (Å²) < 4.78 is 0. The predicted octanol–water partition coefficient (Wildman–Crippen LogP) is 2.71. The summed E-state index contributed by atoms with van der Waals surface area (Å²) in [5.74, 6) is 1.01. The van der Waals surface area contributed by atoms with Crippen molar-refractivity contribution >= 4 is 17.5 Å². The number of hydrogen-bond donors (Lipinski definition) is 3. The van der Waals surface area contributed by atoms with Crippen LogP contribution in [0.1, 0.15) is 49.0 Å². The third-order valence-corrected chi connectivity index (χ3v) is 4.38. The van der Waals surface area contributed by atoms with E-state index in [1.165, 1.54) is 0 Å². The van der Waals surface area contributed by atoms with Crippen molar-refractivity contribution in [1.29, 1.82) is 0 Å². The van der Waals surface area contributed by atoms with E-state index in [1.54, 1.807) is 6.07 Å². The Bertz CT molecular complexity index is 578. The minimum Gasteiger partial charge on any atom is -0.352 e. The second-order valence-electron chi connectivity index (χ2n) is 7.08. The number of rotatable bonds is 7. The van der Waals surface area contributed by atoms with Crippen LogP contribution in [0, 0.1) is 18.8 Å². The van der Waals surface area contributed by atoms with Crippen LogP contribution in [0.5, 0.6) is 0 Å². The molecule has 5 heteroatoms. The lowest BCUT2D eigenvalue weighted by Crippen LogP contribution is -2.27. The molecule has 1 atom stereocenters. The van der Waals surface area contributed by atoms with Gasteiger partial charge in [-0.25, -0.2) is 0 Å². The first kappa shape index (κ1) is 18.5. The van der Waals surface area contributed by atoms with Gasteiger partial charge in [-0.05, 0) is 68.5 Å².